The molecule has 0 bridgehead atoms. The number of halogens is 5. The molecule has 1 aromatic carbocycles. The number of benzene rings is 1. The highest BCUT2D eigenvalue weighted by Crippen LogP contribution is 2.47. The molecule has 176 valence electrons. The summed E-state index contributed by atoms with van der Waals surface area (Å²) in [5.74, 6) is -1.62. The van der Waals surface area contributed by atoms with Gasteiger partial charge in [0.2, 0.25) is 0 Å². The first kappa shape index (κ1) is 26.3. The molecule has 0 aliphatic rings. The SMILES string of the molecule is COC(=O)c1nc(C(=O)NCC(C)(C)O)sc1-c1ccc(C(C)(O)C(F)(F)F)c(Cl)c1Cl. The van der Waals surface area contributed by atoms with E-state index in [2.05, 4.69) is 15.0 Å². The molecule has 3 N–H and O–H groups in total. The second-order valence-corrected chi connectivity index (χ2v) is 9.30. The largest absolute Gasteiger partial charge is 0.464 e. The van der Waals surface area contributed by atoms with Crippen molar-refractivity contribution >= 4 is 46.4 Å². The third-order valence-corrected chi connectivity index (χ3v) is 6.25. The molecule has 0 aliphatic heterocycles. The van der Waals surface area contributed by atoms with E-state index in [0.29, 0.717) is 6.92 Å². The van der Waals surface area contributed by atoms with Crippen LogP contribution in [0.25, 0.3) is 10.4 Å². The fourth-order valence-electron chi connectivity index (χ4n) is 2.46. The van der Waals surface area contributed by atoms with Crippen LogP contribution in [-0.2, 0) is 10.3 Å². The first-order chi connectivity index (χ1) is 14.5. The van der Waals surface area contributed by atoms with E-state index in [0.717, 1.165) is 30.6 Å². The number of amides is 1. The molecule has 1 amide bonds. The predicted molar refractivity (Wildman–Crippen MR) is 113 cm³/mol. The van der Waals surface area contributed by atoms with Gasteiger partial charge in [-0.05, 0) is 20.8 Å². The second-order valence-electron chi connectivity index (χ2n) is 7.54. The van der Waals surface area contributed by atoms with E-state index in [9.17, 15) is 33.0 Å². The summed E-state index contributed by atoms with van der Waals surface area (Å²) in [5, 5.41) is 21.0. The lowest BCUT2D eigenvalue weighted by Crippen LogP contribution is -2.39. The number of hydrogen-bond acceptors (Lipinski definition) is 7. The summed E-state index contributed by atoms with van der Waals surface area (Å²) in [6.07, 6.45) is -5.03. The monoisotopic (exact) mass is 514 g/mol. The Bertz CT molecular complexity index is 1050. The number of nitrogens with one attached hydrogen (secondary N) is 1. The summed E-state index contributed by atoms with van der Waals surface area (Å²) in [5.41, 5.74) is -5.47. The number of carbonyl (C=O) groups is 2. The van der Waals surface area contributed by atoms with Crippen LogP contribution in [0.4, 0.5) is 13.2 Å². The summed E-state index contributed by atoms with van der Waals surface area (Å²) < 4.78 is 44.4. The normalized spacial score (nSPS) is 14.1. The molecule has 2 rings (SSSR count). The van der Waals surface area contributed by atoms with Crippen molar-refractivity contribution in [3.8, 4) is 10.4 Å². The van der Waals surface area contributed by atoms with E-state index >= 15 is 0 Å². The highest BCUT2D eigenvalue weighted by Gasteiger charge is 2.52. The number of ether oxygens (including phenoxy) is 1. The molecule has 1 atom stereocenters. The van der Waals surface area contributed by atoms with Gasteiger partial charge in [0.25, 0.3) is 5.91 Å². The number of hydrogen-bond donors (Lipinski definition) is 3. The van der Waals surface area contributed by atoms with Gasteiger partial charge >= 0.3 is 12.1 Å². The van der Waals surface area contributed by atoms with Gasteiger partial charge in [0.1, 0.15) is 0 Å². The van der Waals surface area contributed by atoms with E-state index in [1.54, 1.807) is 0 Å². The van der Waals surface area contributed by atoms with Crippen LogP contribution in [0.1, 0.15) is 46.6 Å². The minimum atomic E-state index is -5.03. The van der Waals surface area contributed by atoms with E-state index in [-0.39, 0.29) is 32.7 Å². The number of nitrogens with zero attached hydrogens (tertiary/aromatic N) is 1. The molecule has 7 nitrogen and oxygen atoms in total. The van der Waals surface area contributed by atoms with Crippen LogP contribution in [0.2, 0.25) is 10.0 Å². The van der Waals surface area contributed by atoms with Crippen molar-refractivity contribution in [1.82, 2.24) is 10.3 Å². The Morgan fingerprint density at radius 3 is 2.25 bits per heavy atom. The number of methoxy groups -OCH3 is 1. The lowest BCUT2D eigenvalue weighted by atomic mass is 9.94. The number of esters is 1. The minimum Gasteiger partial charge on any atom is -0.464 e. The van der Waals surface area contributed by atoms with E-state index in [4.69, 9.17) is 23.2 Å². The van der Waals surface area contributed by atoms with Crippen molar-refractivity contribution in [3.05, 3.63) is 38.4 Å². The number of alkyl halides is 3. The molecular weight excluding hydrogens is 496 g/mol. The van der Waals surface area contributed by atoms with Crippen LogP contribution in [0, 0.1) is 0 Å². The average molecular weight is 515 g/mol. The molecule has 2 aromatic rings. The highest BCUT2D eigenvalue weighted by atomic mass is 35.5. The zero-order chi connectivity index (χ0) is 24.6. The minimum absolute atomic E-state index is 0.0119. The zero-order valence-electron chi connectivity index (χ0n) is 17.2. The van der Waals surface area contributed by atoms with Crippen molar-refractivity contribution in [2.24, 2.45) is 0 Å². The Balaban J connectivity index is 2.59. The average Bonchev–Trinajstić information content (AvgIpc) is 3.11. The van der Waals surface area contributed by atoms with Crippen LogP contribution in [0.15, 0.2) is 12.1 Å². The second kappa shape index (κ2) is 9.14. The van der Waals surface area contributed by atoms with E-state index in [1.165, 1.54) is 13.8 Å². The standard InChI is InChI=1S/C19H19Cl2F3N2O5S/c1-17(2,29)7-25-14(27)15-26-12(16(28)31-4)13(32-15)8-5-6-9(11(21)10(8)20)18(3,30)19(22,23)24/h5-6,29-30H,7H2,1-4H3,(H,25,27). The number of aliphatic hydroxyl groups is 2. The van der Waals surface area contributed by atoms with Gasteiger partial charge in [0.15, 0.2) is 16.3 Å². The Kier molecular flexibility index (Phi) is 7.52. The number of carbonyl (C=O) groups excluding carboxylic acids is 2. The van der Waals surface area contributed by atoms with E-state index < -0.39 is 39.8 Å². The maximum Gasteiger partial charge on any atom is 0.421 e. The van der Waals surface area contributed by atoms with Gasteiger partial charge in [0, 0.05) is 17.7 Å². The molecule has 0 spiro atoms. The lowest BCUT2D eigenvalue weighted by Gasteiger charge is -2.28. The van der Waals surface area contributed by atoms with Crippen LogP contribution in [-0.4, -0.2) is 52.5 Å². The van der Waals surface area contributed by atoms with Crippen molar-refractivity contribution in [2.45, 2.75) is 38.1 Å². The fourth-order valence-corrected chi connectivity index (χ4v) is 4.13. The Labute approximate surface area is 195 Å². The van der Waals surface area contributed by atoms with Gasteiger partial charge in [-0.25, -0.2) is 9.78 Å². The number of thiazole rings is 1. The molecule has 32 heavy (non-hydrogen) atoms. The van der Waals surface area contributed by atoms with Crippen molar-refractivity contribution in [2.75, 3.05) is 13.7 Å². The number of aromatic nitrogens is 1. The van der Waals surface area contributed by atoms with Gasteiger partial charge in [-0.1, -0.05) is 35.3 Å². The molecule has 0 saturated carbocycles. The molecule has 1 aromatic heterocycles. The first-order valence-corrected chi connectivity index (χ1v) is 10.5. The quantitative estimate of drug-likeness (QED) is 0.499. The van der Waals surface area contributed by atoms with E-state index in [1.807, 2.05) is 0 Å². The Hall–Kier alpha value is -1.92. The molecule has 0 saturated heterocycles. The maximum atomic E-state index is 13.2. The van der Waals surface area contributed by atoms with Gasteiger partial charge in [-0.3, -0.25) is 4.79 Å². The van der Waals surface area contributed by atoms with Crippen LogP contribution in [0.5, 0.6) is 0 Å². The third kappa shape index (κ3) is 5.34. The molecule has 1 heterocycles. The predicted octanol–water partition coefficient (Wildman–Crippen LogP) is 4.17. The van der Waals surface area contributed by atoms with Gasteiger partial charge in [-0.2, -0.15) is 13.2 Å². The van der Waals surface area contributed by atoms with Gasteiger partial charge < -0.3 is 20.3 Å². The molecule has 0 radical (unpaired) electrons. The topological polar surface area (TPSA) is 109 Å². The maximum absolute atomic E-state index is 13.2. The summed E-state index contributed by atoms with van der Waals surface area (Å²) in [6.45, 7) is 3.36. The van der Waals surface area contributed by atoms with Crippen molar-refractivity contribution in [1.29, 1.82) is 0 Å². The van der Waals surface area contributed by atoms with Gasteiger partial charge in [0.05, 0.1) is 27.6 Å². The number of rotatable bonds is 6. The zero-order valence-corrected chi connectivity index (χ0v) is 19.6. The highest BCUT2D eigenvalue weighted by molar-refractivity contribution is 7.17. The Morgan fingerprint density at radius 2 is 1.75 bits per heavy atom. The fraction of sp³-hybridized carbons (Fsp3) is 0.421. The summed E-state index contributed by atoms with van der Waals surface area (Å²) >= 11 is 13.0. The van der Waals surface area contributed by atoms with Gasteiger partial charge in [-0.15, -0.1) is 11.3 Å². The lowest BCUT2D eigenvalue weighted by molar-refractivity contribution is -0.258. The van der Waals surface area contributed by atoms with Crippen LogP contribution < -0.4 is 5.32 Å². The summed E-state index contributed by atoms with van der Waals surface area (Å²) in [7, 11) is 1.08. The summed E-state index contributed by atoms with van der Waals surface area (Å²) in [6, 6.07) is 2.05. The first-order valence-electron chi connectivity index (χ1n) is 8.89. The Morgan fingerprint density at radius 1 is 1.16 bits per heavy atom. The molecule has 0 fully saturated rings. The molecular formula is C19H19Cl2F3N2O5S. The third-order valence-electron chi connectivity index (χ3n) is 4.29. The van der Waals surface area contributed by atoms with Crippen LogP contribution >= 0.6 is 34.5 Å². The van der Waals surface area contributed by atoms with Crippen LogP contribution in [0.3, 0.4) is 0 Å². The summed E-state index contributed by atoms with van der Waals surface area (Å²) in [4.78, 5) is 28.6. The smallest absolute Gasteiger partial charge is 0.421 e. The molecule has 0 aliphatic carbocycles. The molecule has 13 heteroatoms. The molecule has 1 unspecified atom stereocenters. The van der Waals surface area contributed by atoms with Crippen molar-refractivity contribution in [3.63, 3.8) is 0 Å². The van der Waals surface area contributed by atoms with Crippen molar-refractivity contribution < 1.29 is 37.7 Å².